The molecule has 0 aliphatic heterocycles. The van der Waals surface area contributed by atoms with Gasteiger partial charge in [0.1, 0.15) is 5.82 Å². The summed E-state index contributed by atoms with van der Waals surface area (Å²) in [5.74, 6) is 2.46. The number of benzene rings is 1. The maximum absolute atomic E-state index is 9.87. The van der Waals surface area contributed by atoms with E-state index in [1.54, 1.807) is 33.2 Å². The molecule has 0 bridgehead atoms. The molecule has 0 saturated carbocycles. The number of anilines is 3. The minimum atomic E-state index is -0.828. The van der Waals surface area contributed by atoms with Crippen molar-refractivity contribution in [2.24, 2.45) is 0 Å². The summed E-state index contributed by atoms with van der Waals surface area (Å²) < 4.78 is 11.4. The first-order valence-corrected chi connectivity index (χ1v) is 10.9. The molecular weight excluding hydrogens is 394 g/mol. The zero-order valence-electron chi connectivity index (χ0n) is 19.4. The van der Waals surface area contributed by atoms with E-state index in [0.29, 0.717) is 36.4 Å². The second kappa shape index (κ2) is 12.3. The van der Waals surface area contributed by atoms with Crippen molar-refractivity contribution in [1.82, 2.24) is 14.9 Å². The van der Waals surface area contributed by atoms with Crippen molar-refractivity contribution in [2.75, 3.05) is 51.0 Å². The van der Waals surface area contributed by atoms with Crippen LogP contribution >= 0.6 is 0 Å². The number of hydrogen-bond acceptors (Lipinski definition) is 8. The lowest BCUT2D eigenvalue weighted by atomic mass is 10.1. The Kier molecular flexibility index (Phi) is 9.81. The van der Waals surface area contributed by atoms with E-state index >= 15 is 0 Å². The number of unbranched alkanes of at least 4 members (excludes halogenated alkanes) is 1. The Labute approximate surface area is 186 Å². The SMILES string of the molecule is CCCCN(C)CCCOc1cc(Nc2nccc(NCC(C)(C)O)n2)ccc1OC. The van der Waals surface area contributed by atoms with Gasteiger partial charge in [0.05, 0.1) is 19.3 Å². The number of methoxy groups -OCH3 is 1. The minimum absolute atomic E-state index is 0.387. The van der Waals surface area contributed by atoms with Gasteiger partial charge in [0.15, 0.2) is 11.5 Å². The molecule has 2 rings (SSSR count). The zero-order valence-corrected chi connectivity index (χ0v) is 19.4. The maximum atomic E-state index is 9.87. The Morgan fingerprint density at radius 1 is 1.13 bits per heavy atom. The Hall–Kier alpha value is -2.58. The molecule has 0 aliphatic carbocycles. The molecule has 3 N–H and O–H groups in total. The lowest BCUT2D eigenvalue weighted by Crippen LogP contribution is -2.29. The van der Waals surface area contributed by atoms with E-state index in [1.807, 2.05) is 18.2 Å². The standard InChI is InChI=1S/C23H37N5O3/c1-6-7-13-28(4)14-8-15-31-20-16-18(9-10-19(20)30-5)26-22-24-12-11-21(27-22)25-17-23(2,3)29/h9-12,16,29H,6-8,13-15,17H2,1-5H3,(H2,24,25,26,27). The van der Waals surface area contributed by atoms with Gasteiger partial charge in [-0.05, 0) is 58.5 Å². The van der Waals surface area contributed by atoms with Crippen LogP contribution < -0.4 is 20.1 Å². The van der Waals surface area contributed by atoms with Crippen LogP contribution in [0, 0.1) is 0 Å². The maximum Gasteiger partial charge on any atom is 0.229 e. The van der Waals surface area contributed by atoms with E-state index in [4.69, 9.17) is 9.47 Å². The van der Waals surface area contributed by atoms with Crippen LogP contribution in [0.1, 0.15) is 40.0 Å². The average Bonchev–Trinajstić information content (AvgIpc) is 2.74. The molecule has 172 valence electrons. The number of hydrogen-bond donors (Lipinski definition) is 3. The molecule has 0 fully saturated rings. The number of ether oxygens (including phenoxy) is 2. The first-order valence-electron chi connectivity index (χ1n) is 10.9. The highest BCUT2D eigenvalue weighted by molar-refractivity contribution is 5.60. The van der Waals surface area contributed by atoms with E-state index in [1.165, 1.54) is 12.8 Å². The third-order valence-corrected chi connectivity index (χ3v) is 4.61. The fourth-order valence-corrected chi connectivity index (χ4v) is 2.88. The molecule has 0 atom stereocenters. The highest BCUT2D eigenvalue weighted by Crippen LogP contribution is 2.31. The van der Waals surface area contributed by atoms with Gasteiger partial charge in [0.25, 0.3) is 0 Å². The molecule has 0 radical (unpaired) electrons. The van der Waals surface area contributed by atoms with Crippen molar-refractivity contribution in [1.29, 1.82) is 0 Å². The second-order valence-corrected chi connectivity index (χ2v) is 8.28. The Bertz CT molecular complexity index is 795. The number of nitrogens with one attached hydrogen (secondary N) is 2. The van der Waals surface area contributed by atoms with Gasteiger partial charge in [-0.1, -0.05) is 13.3 Å². The lowest BCUT2D eigenvalue weighted by Gasteiger charge is -2.18. The molecule has 1 heterocycles. The van der Waals surface area contributed by atoms with Crippen LogP contribution in [0.3, 0.4) is 0 Å². The second-order valence-electron chi connectivity index (χ2n) is 8.28. The molecule has 0 aliphatic rings. The Balaban J connectivity index is 1.95. The summed E-state index contributed by atoms with van der Waals surface area (Å²) in [6.07, 6.45) is 5.03. The van der Waals surface area contributed by atoms with Crippen molar-refractivity contribution in [3.8, 4) is 11.5 Å². The van der Waals surface area contributed by atoms with Gasteiger partial charge in [0.2, 0.25) is 5.95 Å². The summed E-state index contributed by atoms with van der Waals surface area (Å²) in [4.78, 5) is 11.0. The molecule has 0 saturated heterocycles. The minimum Gasteiger partial charge on any atom is -0.493 e. The van der Waals surface area contributed by atoms with Gasteiger partial charge in [-0.15, -0.1) is 0 Å². The molecular formula is C23H37N5O3. The van der Waals surface area contributed by atoms with Gasteiger partial charge in [-0.3, -0.25) is 0 Å². The molecule has 8 nitrogen and oxygen atoms in total. The number of nitrogens with zero attached hydrogens (tertiary/aromatic N) is 3. The van der Waals surface area contributed by atoms with E-state index in [0.717, 1.165) is 25.2 Å². The highest BCUT2D eigenvalue weighted by atomic mass is 16.5. The van der Waals surface area contributed by atoms with Crippen LogP contribution in [0.25, 0.3) is 0 Å². The van der Waals surface area contributed by atoms with Crippen molar-refractivity contribution in [3.05, 3.63) is 30.5 Å². The predicted octanol–water partition coefficient (Wildman–Crippen LogP) is 3.91. The topological polar surface area (TPSA) is 91.8 Å². The van der Waals surface area contributed by atoms with Crippen LogP contribution in [-0.2, 0) is 0 Å². The van der Waals surface area contributed by atoms with Gasteiger partial charge in [-0.25, -0.2) is 4.98 Å². The monoisotopic (exact) mass is 431 g/mol. The predicted molar refractivity (Wildman–Crippen MR) is 126 cm³/mol. The summed E-state index contributed by atoms with van der Waals surface area (Å²) >= 11 is 0. The largest absolute Gasteiger partial charge is 0.493 e. The quantitative estimate of drug-likeness (QED) is 0.388. The molecule has 0 unspecified atom stereocenters. The van der Waals surface area contributed by atoms with Crippen LogP contribution in [0.2, 0.25) is 0 Å². The molecule has 2 aromatic rings. The number of aliphatic hydroxyl groups is 1. The summed E-state index contributed by atoms with van der Waals surface area (Å²) in [6, 6.07) is 7.41. The van der Waals surface area contributed by atoms with Crippen LogP contribution in [0.5, 0.6) is 11.5 Å². The number of rotatable bonds is 14. The smallest absolute Gasteiger partial charge is 0.229 e. The van der Waals surface area contributed by atoms with Crippen molar-refractivity contribution in [2.45, 2.75) is 45.6 Å². The first kappa shape index (κ1) is 24.7. The van der Waals surface area contributed by atoms with Crippen LogP contribution in [0.15, 0.2) is 30.5 Å². The Morgan fingerprint density at radius 3 is 2.61 bits per heavy atom. The van der Waals surface area contributed by atoms with Crippen LogP contribution in [0.4, 0.5) is 17.5 Å². The third kappa shape index (κ3) is 9.40. The van der Waals surface area contributed by atoms with Crippen molar-refractivity contribution < 1.29 is 14.6 Å². The summed E-state index contributed by atoms with van der Waals surface area (Å²) in [5.41, 5.74) is -0.0264. The fourth-order valence-electron chi connectivity index (χ4n) is 2.88. The fraction of sp³-hybridized carbons (Fsp3) is 0.565. The summed E-state index contributed by atoms with van der Waals surface area (Å²) in [5, 5.41) is 16.2. The molecule has 0 amide bonds. The third-order valence-electron chi connectivity index (χ3n) is 4.61. The van der Waals surface area contributed by atoms with Gasteiger partial charge in [0, 0.05) is 31.0 Å². The summed E-state index contributed by atoms with van der Waals surface area (Å²) in [6.45, 7) is 8.80. The zero-order chi connectivity index (χ0) is 22.7. The molecule has 8 heteroatoms. The van der Waals surface area contributed by atoms with Crippen molar-refractivity contribution >= 4 is 17.5 Å². The van der Waals surface area contributed by atoms with Gasteiger partial charge in [-0.2, -0.15) is 4.98 Å². The van der Waals surface area contributed by atoms with Crippen LogP contribution in [-0.4, -0.2) is 66.0 Å². The molecule has 31 heavy (non-hydrogen) atoms. The average molecular weight is 432 g/mol. The Morgan fingerprint density at radius 2 is 1.90 bits per heavy atom. The summed E-state index contributed by atoms with van der Waals surface area (Å²) in [7, 11) is 3.78. The molecule has 1 aromatic carbocycles. The van der Waals surface area contributed by atoms with E-state index in [2.05, 4.69) is 39.5 Å². The molecule has 1 aromatic heterocycles. The van der Waals surface area contributed by atoms with Gasteiger partial charge >= 0.3 is 0 Å². The lowest BCUT2D eigenvalue weighted by molar-refractivity contribution is 0.0944. The van der Waals surface area contributed by atoms with E-state index < -0.39 is 5.60 Å². The van der Waals surface area contributed by atoms with E-state index in [9.17, 15) is 5.11 Å². The molecule has 0 spiro atoms. The van der Waals surface area contributed by atoms with Gasteiger partial charge < -0.3 is 30.1 Å². The van der Waals surface area contributed by atoms with Crippen molar-refractivity contribution in [3.63, 3.8) is 0 Å². The normalized spacial score (nSPS) is 11.5. The van der Waals surface area contributed by atoms with E-state index in [-0.39, 0.29) is 0 Å². The highest BCUT2D eigenvalue weighted by Gasteiger charge is 2.12. The first-order chi connectivity index (χ1) is 14.8. The number of aromatic nitrogens is 2.